The van der Waals surface area contributed by atoms with Crippen LogP contribution in [-0.4, -0.2) is 31.9 Å². The Morgan fingerprint density at radius 1 is 0.931 bits per heavy atom. The normalized spacial score (nSPS) is 12.9. The number of carbonyl (C=O) groups excluding carboxylic acids is 3. The zero-order valence-electron chi connectivity index (χ0n) is 16.4. The fourth-order valence-corrected chi connectivity index (χ4v) is 3.81. The number of rotatable bonds is 8. The Kier molecular flexibility index (Phi) is 8.41. The maximum absolute atomic E-state index is 13.3. The molecule has 0 aromatic heterocycles. The molecule has 154 valence electrons. The van der Waals surface area contributed by atoms with E-state index < -0.39 is 29.7 Å². The molecule has 0 aliphatic heterocycles. The lowest BCUT2D eigenvalue weighted by molar-refractivity contribution is -0.160. The Hall–Kier alpha value is -2.18. The van der Waals surface area contributed by atoms with E-state index >= 15 is 0 Å². The van der Waals surface area contributed by atoms with Crippen LogP contribution in [0.1, 0.15) is 35.2 Å². The van der Waals surface area contributed by atoms with Gasteiger partial charge in [0.25, 0.3) is 0 Å². The molecule has 0 N–H and O–H groups in total. The standard InChI is InChI=1S/C22H22BrClO5/c1-4-17(20(25)14-5-9-15(23)10-6-14)18(13-7-11-16(24)12-8-13)19(21(26)28-2)22(27)29-3/h5-12,17-19H,4H2,1-3H3/t17-,18+/m1/s1. The Morgan fingerprint density at radius 2 is 1.45 bits per heavy atom. The van der Waals surface area contributed by atoms with Crippen LogP contribution in [-0.2, 0) is 19.1 Å². The molecule has 2 aromatic carbocycles. The molecule has 0 saturated heterocycles. The van der Waals surface area contributed by atoms with Gasteiger partial charge in [-0.25, -0.2) is 0 Å². The van der Waals surface area contributed by atoms with E-state index in [4.69, 9.17) is 21.1 Å². The minimum atomic E-state index is -1.28. The number of esters is 2. The van der Waals surface area contributed by atoms with Gasteiger partial charge in [-0.3, -0.25) is 14.4 Å². The summed E-state index contributed by atoms with van der Waals surface area (Å²) < 4.78 is 10.6. The predicted molar refractivity (Wildman–Crippen MR) is 114 cm³/mol. The Morgan fingerprint density at radius 3 is 1.90 bits per heavy atom. The van der Waals surface area contributed by atoms with Crippen molar-refractivity contribution >= 4 is 45.3 Å². The fourth-order valence-electron chi connectivity index (χ4n) is 3.42. The van der Waals surface area contributed by atoms with Gasteiger partial charge < -0.3 is 9.47 Å². The second kappa shape index (κ2) is 10.6. The minimum Gasteiger partial charge on any atom is -0.468 e. The van der Waals surface area contributed by atoms with Gasteiger partial charge >= 0.3 is 11.9 Å². The van der Waals surface area contributed by atoms with E-state index in [9.17, 15) is 14.4 Å². The monoisotopic (exact) mass is 480 g/mol. The van der Waals surface area contributed by atoms with Gasteiger partial charge in [0.05, 0.1) is 14.2 Å². The van der Waals surface area contributed by atoms with Crippen LogP contribution in [0.4, 0.5) is 0 Å². The number of hydrogen-bond donors (Lipinski definition) is 0. The molecule has 0 fully saturated rings. The van der Waals surface area contributed by atoms with Gasteiger partial charge in [0, 0.05) is 26.9 Å². The van der Waals surface area contributed by atoms with E-state index in [0.717, 1.165) is 4.47 Å². The van der Waals surface area contributed by atoms with Crippen LogP contribution in [0.25, 0.3) is 0 Å². The zero-order valence-corrected chi connectivity index (χ0v) is 18.7. The van der Waals surface area contributed by atoms with Crippen LogP contribution in [0.5, 0.6) is 0 Å². The highest BCUT2D eigenvalue weighted by molar-refractivity contribution is 9.10. The summed E-state index contributed by atoms with van der Waals surface area (Å²) in [5.74, 6) is -4.38. The molecule has 0 amide bonds. The zero-order chi connectivity index (χ0) is 21.6. The van der Waals surface area contributed by atoms with Crippen LogP contribution in [0.3, 0.4) is 0 Å². The molecule has 5 nitrogen and oxygen atoms in total. The van der Waals surface area contributed by atoms with Crippen molar-refractivity contribution in [1.29, 1.82) is 0 Å². The van der Waals surface area contributed by atoms with Crippen molar-refractivity contribution in [3.63, 3.8) is 0 Å². The highest BCUT2D eigenvalue weighted by Crippen LogP contribution is 2.38. The lowest BCUT2D eigenvalue weighted by Gasteiger charge is -2.30. The van der Waals surface area contributed by atoms with Gasteiger partial charge in [-0.05, 0) is 36.2 Å². The fraction of sp³-hybridized carbons (Fsp3) is 0.318. The Bertz CT molecular complexity index is 848. The number of ether oxygens (including phenoxy) is 2. The lowest BCUT2D eigenvalue weighted by Crippen LogP contribution is -2.38. The molecule has 0 radical (unpaired) electrons. The first-order chi connectivity index (χ1) is 13.8. The summed E-state index contributed by atoms with van der Waals surface area (Å²) in [6.45, 7) is 1.84. The average molecular weight is 482 g/mol. The number of ketones is 1. The first-order valence-corrected chi connectivity index (χ1v) is 10.2. The van der Waals surface area contributed by atoms with Gasteiger partial charge in [0.1, 0.15) is 0 Å². The number of carbonyl (C=O) groups is 3. The van der Waals surface area contributed by atoms with Crippen LogP contribution in [0.2, 0.25) is 5.02 Å². The maximum atomic E-state index is 13.3. The molecule has 2 aromatic rings. The van der Waals surface area contributed by atoms with Crippen molar-refractivity contribution in [2.75, 3.05) is 14.2 Å². The van der Waals surface area contributed by atoms with Crippen molar-refractivity contribution in [3.8, 4) is 0 Å². The minimum absolute atomic E-state index is 0.169. The number of methoxy groups -OCH3 is 2. The van der Waals surface area contributed by atoms with Crippen molar-refractivity contribution in [2.24, 2.45) is 11.8 Å². The van der Waals surface area contributed by atoms with E-state index in [1.54, 1.807) is 48.5 Å². The Labute approximate surface area is 183 Å². The third-order valence-corrected chi connectivity index (χ3v) is 5.64. The number of benzene rings is 2. The summed E-state index contributed by atoms with van der Waals surface area (Å²) >= 11 is 9.36. The van der Waals surface area contributed by atoms with Crippen LogP contribution < -0.4 is 0 Å². The van der Waals surface area contributed by atoms with Crippen molar-refractivity contribution in [1.82, 2.24) is 0 Å². The van der Waals surface area contributed by atoms with Crippen molar-refractivity contribution in [2.45, 2.75) is 19.3 Å². The molecule has 0 spiro atoms. The average Bonchev–Trinajstić information content (AvgIpc) is 2.73. The molecule has 0 heterocycles. The third kappa shape index (κ3) is 5.46. The maximum Gasteiger partial charge on any atom is 0.320 e. The molecule has 0 unspecified atom stereocenters. The van der Waals surface area contributed by atoms with Gasteiger partial charge in [0.2, 0.25) is 0 Å². The topological polar surface area (TPSA) is 69.7 Å². The second-order valence-corrected chi connectivity index (χ2v) is 7.84. The van der Waals surface area contributed by atoms with Gasteiger partial charge in [-0.1, -0.05) is 58.7 Å². The van der Waals surface area contributed by atoms with E-state index in [2.05, 4.69) is 15.9 Å². The molecule has 2 atom stereocenters. The Balaban J connectivity index is 2.60. The second-order valence-electron chi connectivity index (χ2n) is 6.49. The summed E-state index contributed by atoms with van der Waals surface area (Å²) in [5, 5.41) is 0.507. The number of hydrogen-bond acceptors (Lipinski definition) is 5. The van der Waals surface area contributed by atoms with E-state index in [1.165, 1.54) is 14.2 Å². The quantitative estimate of drug-likeness (QED) is 0.299. The summed E-state index contributed by atoms with van der Waals surface area (Å²) in [6.07, 6.45) is 0.409. The van der Waals surface area contributed by atoms with E-state index in [1.807, 2.05) is 6.92 Å². The molecule has 0 aliphatic carbocycles. The molecule has 0 bridgehead atoms. The largest absolute Gasteiger partial charge is 0.468 e. The van der Waals surface area contributed by atoms with Crippen LogP contribution in [0, 0.1) is 11.8 Å². The molecule has 0 saturated carbocycles. The molecule has 0 aliphatic rings. The van der Waals surface area contributed by atoms with Gasteiger partial charge in [-0.15, -0.1) is 0 Å². The van der Waals surface area contributed by atoms with Crippen molar-refractivity contribution < 1.29 is 23.9 Å². The highest BCUT2D eigenvalue weighted by atomic mass is 79.9. The third-order valence-electron chi connectivity index (χ3n) is 4.86. The SMILES string of the molecule is CC[C@@H](C(=O)c1ccc(Br)cc1)[C@H](c1ccc(Cl)cc1)C(C(=O)OC)C(=O)OC. The van der Waals surface area contributed by atoms with Gasteiger partial charge in [-0.2, -0.15) is 0 Å². The smallest absolute Gasteiger partial charge is 0.320 e. The van der Waals surface area contributed by atoms with Gasteiger partial charge in [0.15, 0.2) is 11.7 Å². The summed E-state index contributed by atoms with van der Waals surface area (Å²) in [7, 11) is 2.41. The molecule has 7 heteroatoms. The number of halogens is 2. The van der Waals surface area contributed by atoms with E-state index in [0.29, 0.717) is 22.6 Å². The summed E-state index contributed by atoms with van der Waals surface area (Å²) in [5.41, 5.74) is 1.13. The van der Waals surface area contributed by atoms with Crippen molar-refractivity contribution in [3.05, 3.63) is 69.2 Å². The molecular weight excluding hydrogens is 460 g/mol. The first kappa shape index (κ1) is 23.1. The predicted octanol–water partition coefficient (Wildman–Crippen LogP) is 5.06. The van der Waals surface area contributed by atoms with E-state index in [-0.39, 0.29) is 5.78 Å². The highest BCUT2D eigenvalue weighted by Gasteiger charge is 2.44. The summed E-state index contributed by atoms with van der Waals surface area (Å²) in [4.78, 5) is 38.5. The summed E-state index contributed by atoms with van der Waals surface area (Å²) in [6, 6.07) is 13.7. The molecular formula is C22H22BrClO5. The molecule has 29 heavy (non-hydrogen) atoms. The van der Waals surface area contributed by atoms with Crippen LogP contribution in [0.15, 0.2) is 53.0 Å². The lowest BCUT2D eigenvalue weighted by atomic mass is 9.72. The molecule has 2 rings (SSSR count). The number of Topliss-reactive ketones (excluding diaryl/α,β-unsaturated/α-hetero) is 1. The van der Waals surface area contributed by atoms with Crippen LogP contribution >= 0.6 is 27.5 Å². The first-order valence-electron chi connectivity index (χ1n) is 9.04.